The lowest BCUT2D eigenvalue weighted by molar-refractivity contribution is -0.143. The van der Waals surface area contributed by atoms with E-state index in [2.05, 4.69) is 58.4 Å². The van der Waals surface area contributed by atoms with Gasteiger partial charge in [-0.3, -0.25) is 4.79 Å². The summed E-state index contributed by atoms with van der Waals surface area (Å²) in [6.45, 7) is 3.49. The molecule has 1 atom stereocenters. The van der Waals surface area contributed by atoms with E-state index in [4.69, 9.17) is 4.74 Å². The Labute approximate surface area is 160 Å². The number of rotatable bonds is 6. The quantitative estimate of drug-likeness (QED) is 0.674. The summed E-state index contributed by atoms with van der Waals surface area (Å²) in [4.78, 5) is 12.2. The fraction of sp³-hybridized carbons (Fsp3) is 0.348. The minimum atomic E-state index is -0.166. The molecule has 0 radical (unpaired) electrons. The highest BCUT2D eigenvalue weighted by Crippen LogP contribution is 2.36. The summed E-state index contributed by atoms with van der Waals surface area (Å²) in [6, 6.07) is 19.4. The number of aryl methyl sites for hydroxylation is 1. The van der Waals surface area contributed by atoms with Gasteiger partial charge in [-0.2, -0.15) is 0 Å². The van der Waals surface area contributed by atoms with Crippen LogP contribution in [0.15, 0.2) is 54.6 Å². The van der Waals surface area contributed by atoms with Gasteiger partial charge in [-0.05, 0) is 37.0 Å². The predicted octanol–water partition coefficient (Wildman–Crippen LogP) is 4.02. The Bertz CT molecular complexity index is 930. The number of aromatic nitrogens is 1. The molecule has 0 spiro atoms. The van der Waals surface area contributed by atoms with Crippen LogP contribution in [0.4, 0.5) is 0 Å². The molecule has 0 aliphatic carbocycles. The fourth-order valence-corrected chi connectivity index (χ4v) is 4.23. The molecule has 1 aromatic heterocycles. The van der Waals surface area contributed by atoms with Gasteiger partial charge < -0.3 is 14.6 Å². The van der Waals surface area contributed by atoms with Crippen LogP contribution in [-0.2, 0) is 28.9 Å². The van der Waals surface area contributed by atoms with Crippen molar-refractivity contribution >= 4 is 16.9 Å². The summed E-state index contributed by atoms with van der Waals surface area (Å²) in [5, 5.41) is 4.95. The predicted molar refractivity (Wildman–Crippen MR) is 108 cm³/mol. The van der Waals surface area contributed by atoms with Crippen LogP contribution in [0, 0.1) is 0 Å². The molecule has 0 bridgehead atoms. The number of esters is 1. The summed E-state index contributed by atoms with van der Waals surface area (Å²) in [5.41, 5.74) is 5.13. The van der Waals surface area contributed by atoms with Crippen molar-refractivity contribution in [3.63, 3.8) is 0 Å². The first-order chi connectivity index (χ1) is 13.3. The monoisotopic (exact) mass is 362 g/mol. The van der Waals surface area contributed by atoms with E-state index in [9.17, 15) is 4.79 Å². The Morgan fingerprint density at radius 2 is 1.93 bits per heavy atom. The zero-order chi connectivity index (χ0) is 18.6. The third-order valence-corrected chi connectivity index (χ3v) is 5.38. The first kappa shape index (κ1) is 17.8. The molecule has 0 fully saturated rings. The van der Waals surface area contributed by atoms with Crippen LogP contribution in [0.1, 0.15) is 36.2 Å². The molecule has 1 aliphatic rings. The Balaban J connectivity index is 1.68. The van der Waals surface area contributed by atoms with Gasteiger partial charge in [-0.15, -0.1) is 0 Å². The largest absolute Gasteiger partial charge is 0.465 e. The average Bonchev–Trinajstić information content (AvgIpc) is 3.02. The van der Waals surface area contributed by atoms with Crippen molar-refractivity contribution in [2.75, 3.05) is 13.2 Å². The van der Waals surface area contributed by atoms with Crippen LogP contribution in [0.25, 0.3) is 10.9 Å². The van der Waals surface area contributed by atoms with Crippen molar-refractivity contribution in [3.05, 3.63) is 71.4 Å². The van der Waals surface area contributed by atoms with Gasteiger partial charge >= 0.3 is 5.97 Å². The van der Waals surface area contributed by atoms with E-state index >= 15 is 0 Å². The molecule has 1 unspecified atom stereocenters. The van der Waals surface area contributed by atoms with Crippen LogP contribution >= 0.6 is 0 Å². The maximum absolute atomic E-state index is 12.2. The zero-order valence-electron chi connectivity index (χ0n) is 15.8. The summed E-state index contributed by atoms with van der Waals surface area (Å²) in [6.07, 6.45) is 3.02. The molecule has 4 nitrogen and oxygen atoms in total. The van der Waals surface area contributed by atoms with Gasteiger partial charge in [0.1, 0.15) is 6.54 Å². The molecule has 2 aromatic carbocycles. The first-order valence-electron chi connectivity index (χ1n) is 9.81. The smallest absolute Gasteiger partial charge is 0.325 e. The van der Waals surface area contributed by atoms with Crippen molar-refractivity contribution in [2.24, 2.45) is 0 Å². The molecule has 3 aromatic rings. The van der Waals surface area contributed by atoms with Gasteiger partial charge in [-0.25, -0.2) is 0 Å². The lowest BCUT2D eigenvalue weighted by Crippen LogP contribution is -2.31. The van der Waals surface area contributed by atoms with Gasteiger partial charge in [-0.1, -0.05) is 48.5 Å². The molecule has 4 rings (SSSR count). The molecule has 4 heteroatoms. The van der Waals surface area contributed by atoms with Crippen molar-refractivity contribution in [1.29, 1.82) is 0 Å². The van der Waals surface area contributed by atoms with Crippen LogP contribution in [0.5, 0.6) is 0 Å². The van der Waals surface area contributed by atoms with Crippen molar-refractivity contribution in [3.8, 4) is 0 Å². The van der Waals surface area contributed by atoms with Gasteiger partial charge in [0.25, 0.3) is 0 Å². The number of nitrogens with zero attached hydrogens (tertiary/aromatic N) is 1. The minimum Gasteiger partial charge on any atom is -0.465 e. The highest BCUT2D eigenvalue weighted by molar-refractivity contribution is 5.87. The third-order valence-electron chi connectivity index (χ3n) is 5.38. The summed E-state index contributed by atoms with van der Waals surface area (Å²) in [5.74, 6) is -0.166. The Morgan fingerprint density at radius 3 is 2.74 bits per heavy atom. The van der Waals surface area contributed by atoms with Crippen LogP contribution < -0.4 is 5.32 Å². The van der Waals surface area contributed by atoms with Gasteiger partial charge in [0.2, 0.25) is 0 Å². The highest BCUT2D eigenvalue weighted by atomic mass is 16.5. The normalized spacial score (nSPS) is 16.3. The molecule has 0 saturated carbocycles. The second-order valence-electron chi connectivity index (χ2n) is 7.05. The molecule has 0 saturated heterocycles. The maximum atomic E-state index is 12.2. The van der Waals surface area contributed by atoms with Crippen molar-refractivity contribution in [1.82, 2.24) is 9.88 Å². The number of hydrogen-bond acceptors (Lipinski definition) is 3. The number of carbonyl (C=O) groups excluding carboxylic acids is 1. The Kier molecular flexibility index (Phi) is 5.26. The maximum Gasteiger partial charge on any atom is 0.325 e. The van der Waals surface area contributed by atoms with Crippen LogP contribution in [0.3, 0.4) is 0 Å². The molecular weight excluding hydrogens is 336 g/mol. The van der Waals surface area contributed by atoms with Crippen molar-refractivity contribution < 1.29 is 9.53 Å². The van der Waals surface area contributed by atoms with E-state index < -0.39 is 0 Å². The van der Waals surface area contributed by atoms with Crippen molar-refractivity contribution in [2.45, 2.75) is 38.8 Å². The number of nitrogens with one attached hydrogen (secondary N) is 1. The molecule has 2 heterocycles. The van der Waals surface area contributed by atoms with E-state index in [0.29, 0.717) is 12.6 Å². The number of hydrogen-bond donors (Lipinski definition) is 1. The minimum absolute atomic E-state index is 0.166. The molecular formula is C23H26N2O2. The van der Waals surface area contributed by atoms with E-state index in [0.717, 1.165) is 31.3 Å². The van der Waals surface area contributed by atoms with Crippen LogP contribution in [0.2, 0.25) is 0 Å². The average molecular weight is 362 g/mol. The molecule has 27 heavy (non-hydrogen) atoms. The van der Waals surface area contributed by atoms with E-state index in [-0.39, 0.29) is 12.5 Å². The second kappa shape index (κ2) is 7.97. The highest BCUT2D eigenvalue weighted by Gasteiger charge is 2.27. The molecule has 1 N–H and O–H groups in total. The Morgan fingerprint density at radius 1 is 1.15 bits per heavy atom. The number of para-hydroxylation sites is 1. The fourth-order valence-electron chi connectivity index (χ4n) is 4.23. The lowest BCUT2D eigenvalue weighted by Gasteiger charge is -2.26. The molecule has 1 aliphatic heterocycles. The molecule has 140 valence electrons. The van der Waals surface area contributed by atoms with Gasteiger partial charge in [0.05, 0.1) is 6.61 Å². The number of fused-ring (bicyclic) bond motifs is 3. The summed E-state index contributed by atoms with van der Waals surface area (Å²) >= 11 is 0. The standard InChI is InChI=1S/C23H26N2O2/c1-2-27-22(26)16-25-20-11-7-6-10-18(20)23-19(24-15-14-21(23)25)13-12-17-8-4-3-5-9-17/h3-11,19,24H,2,12-16H2,1H3. The zero-order valence-corrected chi connectivity index (χ0v) is 15.8. The number of carbonyl (C=O) groups is 1. The summed E-state index contributed by atoms with van der Waals surface area (Å²) in [7, 11) is 0. The molecule has 0 amide bonds. The van der Waals surface area contributed by atoms with E-state index in [1.165, 1.54) is 22.2 Å². The topological polar surface area (TPSA) is 43.3 Å². The number of benzene rings is 2. The Hall–Kier alpha value is -2.59. The van der Waals surface area contributed by atoms with Gasteiger partial charge in [0, 0.05) is 35.6 Å². The SMILES string of the molecule is CCOC(=O)Cn1c2c(c3ccccc31)C(CCc1ccccc1)NCC2. The van der Waals surface area contributed by atoms with E-state index in [1.54, 1.807) is 0 Å². The van der Waals surface area contributed by atoms with Crippen LogP contribution in [-0.4, -0.2) is 23.7 Å². The third kappa shape index (κ3) is 3.62. The first-order valence-corrected chi connectivity index (χ1v) is 9.81. The van der Waals surface area contributed by atoms with E-state index in [1.807, 2.05) is 13.0 Å². The van der Waals surface area contributed by atoms with Gasteiger partial charge in [0.15, 0.2) is 0 Å². The lowest BCUT2D eigenvalue weighted by atomic mass is 9.93. The summed E-state index contributed by atoms with van der Waals surface area (Å²) < 4.78 is 7.38. The number of ether oxygens (including phenoxy) is 1. The second-order valence-corrected chi connectivity index (χ2v) is 7.05.